The summed E-state index contributed by atoms with van der Waals surface area (Å²) in [7, 11) is 0. The molecule has 2 unspecified atom stereocenters. The van der Waals surface area contributed by atoms with Crippen LogP contribution < -0.4 is 5.73 Å². The quantitative estimate of drug-likeness (QED) is 0.852. The summed E-state index contributed by atoms with van der Waals surface area (Å²) in [4.78, 5) is 0. The van der Waals surface area contributed by atoms with Crippen molar-refractivity contribution in [3.63, 3.8) is 0 Å². The Morgan fingerprint density at radius 1 is 1.50 bits per heavy atom. The van der Waals surface area contributed by atoms with Gasteiger partial charge in [0, 0.05) is 12.6 Å². The van der Waals surface area contributed by atoms with Crippen molar-refractivity contribution in [3.8, 4) is 0 Å². The standard InChI is InChI=1S/C13H18FNO/c14-12-5-1-3-10(7-12)8-13(15)11-4-2-6-16-9-11/h1,3,5,7,11,13H,2,4,6,8-9,15H2. The summed E-state index contributed by atoms with van der Waals surface area (Å²) < 4.78 is 18.4. The monoisotopic (exact) mass is 223 g/mol. The highest BCUT2D eigenvalue weighted by Crippen LogP contribution is 2.19. The van der Waals surface area contributed by atoms with E-state index < -0.39 is 0 Å². The lowest BCUT2D eigenvalue weighted by atomic mass is 9.90. The van der Waals surface area contributed by atoms with E-state index in [4.69, 9.17) is 10.5 Å². The zero-order valence-corrected chi connectivity index (χ0v) is 9.36. The molecule has 0 saturated carbocycles. The molecule has 0 bridgehead atoms. The summed E-state index contributed by atoms with van der Waals surface area (Å²) in [5.74, 6) is 0.224. The Bertz CT molecular complexity index is 336. The highest BCUT2D eigenvalue weighted by molar-refractivity contribution is 5.17. The minimum absolute atomic E-state index is 0.0714. The molecule has 1 aliphatic rings. The first-order chi connectivity index (χ1) is 7.75. The third kappa shape index (κ3) is 3.03. The molecule has 1 fully saturated rings. The summed E-state index contributed by atoms with van der Waals surface area (Å²) in [5, 5.41) is 0. The van der Waals surface area contributed by atoms with E-state index in [-0.39, 0.29) is 11.9 Å². The van der Waals surface area contributed by atoms with E-state index in [1.165, 1.54) is 6.07 Å². The first-order valence-electron chi connectivity index (χ1n) is 5.83. The van der Waals surface area contributed by atoms with Crippen LogP contribution in [-0.4, -0.2) is 19.3 Å². The average Bonchev–Trinajstić information content (AvgIpc) is 2.30. The number of nitrogens with two attached hydrogens (primary N) is 1. The third-order valence-corrected chi connectivity index (χ3v) is 3.16. The second kappa shape index (κ2) is 5.41. The van der Waals surface area contributed by atoms with Gasteiger partial charge in [0.05, 0.1) is 6.61 Å². The molecule has 1 aliphatic heterocycles. The fraction of sp³-hybridized carbons (Fsp3) is 0.538. The first kappa shape index (κ1) is 11.6. The van der Waals surface area contributed by atoms with Crippen LogP contribution in [0.1, 0.15) is 18.4 Å². The van der Waals surface area contributed by atoms with Gasteiger partial charge in [-0.3, -0.25) is 0 Å². The van der Waals surface area contributed by atoms with Crippen LogP contribution in [0.5, 0.6) is 0 Å². The highest BCUT2D eigenvalue weighted by Gasteiger charge is 2.21. The third-order valence-electron chi connectivity index (χ3n) is 3.16. The topological polar surface area (TPSA) is 35.2 Å². The molecule has 2 atom stereocenters. The first-order valence-corrected chi connectivity index (χ1v) is 5.83. The predicted molar refractivity (Wildman–Crippen MR) is 61.6 cm³/mol. The molecule has 0 amide bonds. The summed E-state index contributed by atoms with van der Waals surface area (Å²) in [5.41, 5.74) is 7.10. The normalized spacial score (nSPS) is 23.0. The Labute approximate surface area is 95.6 Å². The second-order valence-corrected chi connectivity index (χ2v) is 4.48. The van der Waals surface area contributed by atoms with E-state index in [1.807, 2.05) is 6.07 Å². The predicted octanol–water partition coefficient (Wildman–Crippen LogP) is 2.12. The molecule has 0 spiro atoms. The van der Waals surface area contributed by atoms with E-state index in [0.29, 0.717) is 5.92 Å². The molecule has 88 valence electrons. The number of hydrogen-bond donors (Lipinski definition) is 1. The van der Waals surface area contributed by atoms with Crippen LogP contribution in [0.15, 0.2) is 24.3 Å². The Morgan fingerprint density at radius 3 is 3.06 bits per heavy atom. The summed E-state index contributed by atoms with van der Waals surface area (Å²) in [6.07, 6.45) is 2.93. The molecule has 0 aromatic heterocycles. The van der Waals surface area contributed by atoms with Crippen LogP contribution in [0.25, 0.3) is 0 Å². The molecule has 2 rings (SSSR count). The molecule has 3 heteroatoms. The van der Waals surface area contributed by atoms with Crippen LogP contribution in [0, 0.1) is 11.7 Å². The maximum Gasteiger partial charge on any atom is 0.123 e. The lowest BCUT2D eigenvalue weighted by Gasteiger charge is -2.27. The fourth-order valence-corrected chi connectivity index (χ4v) is 2.21. The van der Waals surface area contributed by atoms with E-state index in [9.17, 15) is 4.39 Å². The van der Waals surface area contributed by atoms with Crippen LogP contribution in [0.3, 0.4) is 0 Å². The van der Waals surface area contributed by atoms with Gasteiger partial charge in [0.2, 0.25) is 0 Å². The summed E-state index contributed by atoms with van der Waals surface area (Å²) >= 11 is 0. The van der Waals surface area contributed by atoms with Gasteiger partial charge in [-0.25, -0.2) is 4.39 Å². The molecule has 2 N–H and O–H groups in total. The summed E-state index contributed by atoms with van der Waals surface area (Å²) in [6.45, 7) is 1.60. The minimum atomic E-state index is -0.190. The maximum absolute atomic E-state index is 13.0. The minimum Gasteiger partial charge on any atom is -0.381 e. The largest absolute Gasteiger partial charge is 0.381 e. The van der Waals surface area contributed by atoms with Gasteiger partial charge < -0.3 is 10.5 Å². The summed E-state index contributed by atoms with van der Waals surface area (Å²) in [6, 6.07) is 6.74. The lowest BCUT2D eigenvalue weighted by molar-refractivity contribution is 0.0450. The van der Waals surface area contributed by atoms with Crippen LogP contribution in [-0.2, 0) is 11.2 Å². The number of rotatable bonds is 3. The zero-order chi connectivity index (χ0) is 11.4. The molecule has 2 nitrogen and oxygen atoms in total. The van der Waals surface area contributed by atoms with E-state index in [1.54, 1.807) is 12.1 Å². The number of halogens is 1. The van der Waals surface area contributed by atoms with Crippen LogP contribution in [0.4, 0.5) is 4.39 Å². The molecule has 1 saturated heterocycles. The van der Waals surface area contributed by atoms with Crippen molar-refractivity contribution in [1.82, 2.24) is 0 Å². The van der Waals surface area contributed by atoms with Crippen molar-refractivity contribution in [2.75, 3.05) is 13.2 Å². The van der Waals surface area contributed by atoms with E-state index >= 15 is 0 Å². The van der Waals surface area contributed by atoms with Gasteiger partial charge in [-0.05, 0) is 42.9 Å². The Kier molecular flexibility index (Phi) is 3.91. The smallest absolute Gasteiger partial charge is 0.123 e. The molecular weight excluding hydrogens is 205 g/mol. The van der Waals surface area contributed by atoms with Crippen molar-refractivity contribution < 1.29 is 9.13 Å². The van der Waals surface area contributed by atoms with Crippen LogP contribution in [0.2, 0.25) is 0 Å². The Balaban J connectivity index is 1.93. The number of benzene rings is 1. The SMILES string of the molecule is NC(Cc1cccc(F)c1)C1CCCOC1. The highest BCUT2D eigenvalue weighted by atomic mass is 19.1. The van der Waals surface area contributed by atoms with E-state index in [0.717, 1.165) is 38.0 Å². The lowest BCUT2D eigenvalue weighted by Crippen LogP contribution is -2.37. The van der Waals surface area contributed by atoms with Gasteiger partial charge in [0.15, 0.2) is 0 Å². The van der Waals surface area contributed by atoms with Gasteiger partial charge in [0.1, 0.15) is 5.82 Å². The molecule has 1 heterocycles. The van der Waals surface area contributed by atoms with Crippen LogP contribution >= 0.6 is 0 Å². The van der Waals surface area contributed by atoms with Gasteiger partial charge in [0.25, 0.3) is 0 Å². The van der Waals surface area contributed by atoms with Gasteiger partial charge >= 0.3 is 0 Å². The van der Waals surface area contributed by atoms with E-state index in [2.05, 4.69) is 0 Å². The fourth-order valence-electron chi connectivity index (χ4n) is 2.21. The second-order valence-electron chi connectivity index (χ2n) is 4.48. The van der Waals surface area contributed by atoms with Gasteiger partial charge in [-0.15, -0.1) is 0 Å². The number of ether oxygens (including phenoxy) is 1. The van der Waals surface area contributed by atoms with Crippen molar-refractivity contribution in [2.45, 2.75) is 25.3 Å². The molecule has 1 aromatic rings. The van der Waals surface area contributed by atoms with Crippen molar-refractivity contribution >= 4 is 0 Å². The maximum atomic E-state index is 13.0. The zero-order valence-electron chi connectivity index (χ0n) is 9.36. The van der Waals surface area contributed by atoms with Crippen molar-refractivity contribution in [2.24, 2.45) is 11.7 Å². The Hall–Kier alpha value is -0.930. The Morgan fingerprint density at radius 2 is 2.38 bits per heavy atom. The molecule has 1 aromatic carbocycles. The van der Waals surface area contributed by atoms with Gasteiger partial charge in [-0.2, -0.15) is 0 Å². The molecular formula is C13H18FNO. The van der Waals surface area contributed by atoms with Gasteiger partial charge in [-0.1, -0.05) is 12.1 Å². The van der Waals surface area contributed by atoms with Crippen molar-refractivity contribution in [1.29, 1.82) is 0 Å². The molecule has 0 radical (unpaired) electrons. The average molecular weight is 223 g/mol. The molecule has 16 heavy (non-hydrogen) atoms. The van der Waals surface area contributed by atoms with Crippen molar-refractivity contribution in [3.05, 3.63) is 35.6 Å². The molecule has 0 aliphatic carbocycles. The number of hydrogen-bond acceptors (Lipinski definition) is 2.